The number of pyridine rings is 1. The number of carboxylic acids is 1. The van der Waals surface area contributed by atoms with Gasteiger partial charge in [-0.15, -0.1) is 6.58 Å². The van der Waals surface area contributed by atoms with Crippen molar-refractivity contribution in [2.75, 3.05) is 18.5 Å². The van der Waals surface area contributed by atoms with Crippen LogP contribution in [0.15, 0.2) is 18.7 Å². The van der Waals surface area contributed by atoms with E-state index in [4.69, 9.17) is 0 Å². The van der Waals surface area contributed by atoms with Crippen molar-refractivity contribution in [2.45, 2.75) is 25.7 Å². The monoisotopic (exact) mass is 246 g/mol. The molecule has 18 heavy (non-hydrogen) atoms. The van der Waals surface area contributed by atoms with E-state index in [1.54, 1.807) is 6.07 Å². The molecule has 0 unspecified atom stereocenters. The third-order valence-corrected chi connectivity index (χ3v) is 3.29. The molecular formula is C14H18N2O2. The smallest absolute Gasteiger partial charge is 0.339 e. The van der Waals surface area contributed by atoms with Crippen molar-refractivity contribution in [3.63, 3.8) is 0 Å². The molecule has 0 spiro atoms. The Hall–Kier alpha value is -1.84. The summed E-state index contributed by atoms with van der Waals surface area (Å²) in [5, 5.41) is 9.28. The Morgan fingerprint density at radius 3 is 3.06 bits per heavy atom. The van der Waals surface area contributed by atoms with Crippen molar-refractivity contribution in [3.05, 3.63) is 35.5 Å². The molecule has 1 heterocycles. The van der Waals surface area contributed by atoms with Gasteiger partial charge in [0.05, 0.1) is 0 Å². The molecule has 1 aliphatic carbocycles. The summed E-state index contributed by atoms with van der Waals surface area (Å²) in [6, 6.07) is 1.79. The van der Waals surface area contributed by atoms with Crippen molar-refractivity contribution in [2.24, 2.45) is 0 Å². The molecule has 0 fully saturated rings. The first kappa shape index (κ1) is 12.6. The number of aromatic nitrogens is 1. The Bertz CT molecular complexity index is 483. The Kier molecular flexibility index (Phi) is 3.65. The van der Waals surface area contributed by atoms with Crippen LogP contribution in [-0.4, -0.2) is 29.7 Å². The minimum absolute atomic E-state index is 0.308. The van der Waals surface area contributed by atoms with E-state index in [1.165, 1.54) is 0 Å². The summed E-state index contributed by atoms with van der Waals surface area (Å²) in [7, 11) is 1.87. The number of fused-ring (bicyclic) bond motifs is 1. The van der Waals surface area contributed by atoms with Crippen molar-refractivity contribution in [1.82, 2.24) is 4.98 Å². The van der Waals surface area contributed by atoms with Crippen LogP contribution >= 0.6 is 0 Å². The number of aromatic carboxylic acids is 1. The van der Waals surface area contributed by atoms with Gasteiger partial charge in [0.2, 0.25) is 0 Å². The van der Waals surface area contributed by atoms with Crippen LogP contribution < -0.4 is 4.90 Å². The molecule has 0 aromatic carbocycles. The summed E-state index contributed by atoms with van der Waals surface area (Å²) < 4.78 is 0. The highest BCUT2D eigenvalue weighted by Gasteiger charge is 2.21. The molecule has 0 bridgehead atoms. The van der Waals surface area contributed by atoms with E-state index in [0.717, 1.165) is 43.5 Å². The lowest BCUT2D eigenvalue weighted by molar-refractivity contribution is 0.0697. The summed E-state index contributed by atoms with van der Waals surface area (Å²) in [4.78, 5) is 17.7. The Labute approximate surface area is 107 Å². The summed E-state index contributed by atoms with van der Waals surface area (Å²) in [5.74, 6) is -0.331. The van der Waals surface area contributed by atoms with Gasteiger partial charge in [-0.25, -0.2) is 9.78 Å². The van der Waals surface area contributed by atoms with E-state index in [9.17, 15) is 9.90 Å². The second-order valence-electron chi connectivity index (χ2n) is 4.62. The number of carboxylic acid groups (broad SMARTS) is 1. The minimum atomic E-state index is -0.905. The number of rotatable bonds is 5. The van der Waals surface area contributed by atoms with Crippen LogP contribution in [-0.2, 0) is 12.8 Å². The van der Waals surface area contributed by atoms with E-state index in [1.807, 2.05) is 18.0 Å². The molecule has 0 atom stereocenters. The van der Waals surface area contributed by atoms with Crippen LogP contribution in [0.5, 0.6) is 0 Å². The number of aryl methyl sites for hydroxylation is 2. The van der Waals surface area contributed by atoms with Gasteiger partial charge in [-0.2, -0.15) is 0 Å². The van der Waals surface area contributed by atoms with E-state index < -0.39 is 5.97 Å². The summed E-state index contributed by atoms with van der Waals surface area (Å²) >= 11 is 0. The number of nitrogens with zero attached hydrogens (tertiary/aromatic N) is 2. The van der Waals surface area contributed by atoms with Crippen molar-refractivity contribution >= 4 is 11.8 Å². The first-order valence-corrected chi connectivity index (χ1v) is 6.21. The predicted molar refractivity (Wildman–Crippen MR) is 71.3 cm³/mol. The third kappa shape index (κ3) is 2.37. The van der Waals surface area contributed by atoms with Gasteiger partial charge < -0.3 is 10.0 Å². The van der Waals surface area contributed by atoms with Gasteiger partial charge in [0.15, 0.2) is 0 Å². The summed E-state index contributed by atoms with van der Waals surface area (Å²) in [5.41, 5.74) is 2.45. The number of carbonyl (C=O) groups is 1. The molecule has 1 aliphatic rings. The Morgan fingerprint density at radius 1 is 1.61 bits per heavy atom. The van der Waals surface area contributed by atoms with Crippen LogP contribution in [0.4, 0.5) is 5.82 Å². The lowest BCUT2D eigenvalue weighted by Gasteiger charge is -2.20. The summed E-state index contributed by atoms with van der Waals surface area (Å²) in [6.45, 7) is 4.41. The van der Waals surface area contributed by atoms with E-state index in [-0.39, 0.29) is 0 Å². The van der Waals surface area contributed by atoms with E-state index in [0.29, 0.717) is 11.4 Å². The fourth-order valence-electron chi connectivity index (χ4n) is 2.30. The number of hydrogen-bond donors (Lipinski definition) is 1. The number of hydrogen-bond acceptors (Lipinski definition) is 3. The van der Waals surface area contributed by atoms with Gasteiger partial charge in [-0.3, -0.25) is 0 Å². The molecule has 4 heteroatoms. The molecular weight excluding hydrogens is 228 g/mol. The zero-order valence-electron chi connectivity index (χ0n) is 10.6. The largest absolute Gasteiger partial charge is 0.478 e. The van der Waals surface area contributed by atoms with E-state index >= 15 is 0 Å². The molecule has 0 amide bonds. The summed E-state index contributed by atoms with van der Waals surface area (Å²) in [6.07, 6.45) is 5.61. The van der Waals surface area contributed by atoms with E-state index in [2.05, 4.69) is 11.6 Å². The fraction of sp³-hybridized carbons (Fsp3) is 0.429. The first-order chi connectivity index (χ1) is 8.63. The van der Waals surface area contributed by atoms with Crippen molar-refractivity contribution < 1.29 is 9.90 Å². The van der Waals surface area contributed by atoms with Crippen LogP contribution in [0.25, 0.3) is 0 Å². The lowest BCUT2D eigenvalue weighted by Crippen LogP contribution is -2.23. The maximum Gasteiger partial charge on any atom is 0.339 e. The molecule has 4 nitrogen and oxygen atoms in total. The standard InChI is InChI=1S/C14H18N2O2/c1-3-4-8-16(2)13-11(14(17)18)9-10-6-5-7-12(10)15-13/h3,9H,1,4-8H2,2H3,(H,17,18). The number of anilines is 1. The van der Waals surface area contributed by atoms with Crippen LogP contribution in [0.3, 0.4) is 0 Å². The first-order valence-electron chi connectivity index (χ1n) is 6.21. The highest BCUT2D eigenvalue weighted by molar-refractivity contribution is 5.93. The molecule has 0 saturated heterocycles. The van der Waals surface area contributed by atoms with Gasteiger partial charge in [-0.05, 0) is 37.3 Å². The zero-order valence-corrected chi connectivity index (χ0v) is 10.6. The van der Waals surface area contributed by atoms with Crippen LogP contribution in [0.2, 0.25) is 0 Å². The maximum atomic E-state index is 11.3. The minimum Gasteiger partial charge on any atom is -0.478 e. The molecule has 2 rings (SSSR count). The van der Waals surface area contributed by atoms with Gasteiger partial charge in [0, 0.05) is 19.3 Å². The lowest BCUT2D eigenvalue weighted by atomic mass is 10.1. The molecule has 1 aromatic heterocycles. The normalized spacial score (nSPS) is 13.2. The molecule has 96 valence electrons. The Balaban J connectivity index is 2.37. The molecule has 0 aliphatic heterocycles. The molecule has 0 radical (unpaired) electrons. The van der Waals surface area contributed by atoms with Gasteiger partial charge in [-0.1, -0.05) is 6.08 Å². The SMILES string of the molecule is C=CCCN(C)c1nc2c(cc1C(=O)O)CCC2. The van der Waals surface area contributed by atoms with Crippen molar-refractivity contribution in [3.8, 4) is 0 Å². The maximum absolute atomic E-state index is 11.3. The highest BCUT2D eigenvalue weighted by atomic mass is 16.4. The fourth-order valence-corrected chi connectivity index (χ4v) is 2.30. The predicted octanol–water partition coefficient (Wildman–Crippen LogP) is 2.28. The second-order valence-corrected chi connectivity index (χ2v) is 4.62. The van der Waals surface area contributed by atoms with Gasteiger partial charge in [0.25, 0.3) is 0 Å². The van der Waals surface area contributed by atoms with Gasteiger partial charge in [0.1, 0.15) is 11.4 Å². The average molecular weight is 246 g/mol. The van der Waals surface area contributed by atoms with Crippen LogP contribution in [0, 0.1) is 0 Å². The second kappa shape index (κ2) is 5.21. The molecule has 0 saturated carbocycles. The Morgan fingerprint density at radius 2 is 2.39 bits per heavy atom. The van der Waals surface area contributed by atoms with Gasteiger partial charge >= 0.3 is 5.97 Å². The van der Waals surface area contributed by atoms with Crippen LogP contribution in [0.1, 0.15) is 34.5 Å². The molecule has 1 N–H and O–H groups in total. The quantitative estimate of drug-likeness (QED) is 0.810. The molecule has 1 aromatic rings. The van der Waals surface area contributed by atoms with Crippen molar-refractivity contribution in [1.29, 1.82) is 0 Å². The zero-order chi connectivity index (χ0) is 13.1. The topological polar surface area (TPSA) is 53.4 Å². The average Bonchev–Trinajstić information content (AvgIpc) is 2.81. The highest BCUT2D eigenvalue weighted by Crippen LogP contribution is 2.27. The third-order valence-electron chi connectivity index (χ3n) is 3.29.